The van der Waals surface area contributed by atoms with Crippen molar-refractivity contribution in [2.75, 3.05) is 25.5 Å². The predicted octanol–water partition coefficient (Wildman–Crippen LogP) is 1.34. The molecule has 0 aromatic carbocycles. The summed E-state index contributed by atoms with van der Waals surface area (Å²) in [5, 5.41) is 6.67. The van der Waals surface area contributed by atoms with Crippen LogP contribution in [-0.2, 0) is 13.0 Å². The number of fused-ring (bicyclic) bond motifs is 1. The third-order valence-corrected chi connectivity index (χ3v) is 3.86. The van der Waals surface area contributed by atoms with Crippen LogP contribution in [0.5, 0.6) is 5.88 Å². The number of nitrogens with one attached hydrogen (secondary N) is 2. The van der Waals surface area contributed by atoms with E-state index >= 15 is 0 Å². The zero-order valence-electron chi connectivity index (χ0n) is 10.8. The SMILES string of the molecule is COc1nc(NCC2CCC2)nc2c1CNCC2. The van der Waals surface area contributed by atoms with Crippen LogP contribution in [0.15, 0.2) is 0 Å². The summed E-state index contributed by atoms with van der Waals surface area (Å²) in [4.78, 5) is 9.06. The van der Waals surface area contributed by atoms with Gasteiger partial charge < -0.3 is 15.4 Å². The van der Waals surface area contributed by atoms with E-state index in [1.165, 1.54) is 19.3 Å². The van der Waals surface area contributed by atoms with E-state index in [4.69, 9.17) is 4.74 Å². The predicted molar refractivity (Wildman–Crippen MR) is 69.8 cm³/mol. The Kier molecular flexibility index (Phi) is 3.32. The molecule has 1 aromatic rings. The second kappa shape index (κ2) is 5.10. The van der Waals surface area contributed by atoms with Crippen LogP contribution in [0.1, 0.15) is 30.5 Å². The molecule has 18 heavy (non-hydrogen) atoms. The van der Waals surface area contributed by atoms with E-state index in [1.54, 1.807) is 7.11 Å². The van der Waals surface area contributed by atoms with Gasteiger partial charge in [-0.05, 0) is 18.8 Å². The van der Waals surface area contributed by atoms with E-state index in [9.17, 15) is 0 Å². The van der Waals surface area contributed by atoms with Gasteiger partial charge >= 0.3 is 0 Å². The number of rotatable bonds is 4. The first-order valence-electron chi connectivity index (χ1n) is 6.75. The van der Waals surface area contributed by atoms with Crippen molar-refractivity contribution < 1.29 is 4.74 Å². The molecule has 1 aliphatic carbocycles. The molecule has 0 radical (unpaired) electrons. The van der Waals surface area contributed by atoms with Gasteiger partial charge in [0.25, 0.3) is 0 Å². The molecule has 1 aromatic heterocycles. The standard InChI is InChI=1S/C13H20N4O/c1-18-12-10-8-14-6-5-11(10)16-13(17-12)15-7-9-3-2-4-9/h9,14H,2-8H2,1H3,(H,15,16,17). The Balaban J connectivity index is 1.76. The molecular formula is C13H20N4O. The van der Waals surface area contributed by atoms with E-state index in [0.29, 0.717) is 5.88 Å². The van der Waals surface area contributed by atoms with Gasteiger partial charge in [-0.15, -0.1) is 0 Å². The van der Waals surface area contributed by atoms with Gasteiger partial charge in [0.15, 0.2) is 0 Å². The first-order chi connectivity index (χ1) is 8.86. The average Bonchev–Trinajstić information content (AvgIpc) is 2.36. The molecule has 5 heteroatoms. The highest BCUT2D eigenvalue weighted by Gasteiger charge is 2.20. The maximum Gasteiger partial charge on any atom is 0.226 e. The number of hydrogen-bond donors (Lipinski definition) is 2. The second-order valence-electron chi connectivity index (χ2n) is 5.09. The number of methoxy groups -OCH3 is 1. The minimum atomic E-state index is 0.711. The molecule has 98 valence electrons. The van der Waals surface area contributed by atoms with Crippen molar-refractivity contribution in [1.29, 1.82) is 0 Å². The summed E-state index contributed by atoms with van der Waals surface area (Å²) in [6.07, 6.45) is 4.98. The van der Waals surface area contributed by atoms with E-state index in [1.807, 2.05) is 0 Å². The number of nitrogens with zero attached hydrogens (tertiary/aromatic N) is 2. The van der Waals surface area contributed by atoms with Gasteiger partial charge in [0.2, 0.25) is 11.8 Å². The van der Waals surface area contributed by atoms with Gasteiger partial charge in [-0.3, -0.25) is 0 Å². The normalized spacial score (nSPS) is 18.9. The number of anilines is 1. The van der Waals surface area contributed by atoms with Crippen LogP contribution in [0.3, 0.4) is 0 Å². The van der Waals surface area contributed by atoms with Gasteiger partial charge in [0.05, 0.1) is 12.8 Å². The van der Waals surface area contributed by atoms with Crippen LogP contribution in [0.25, 0.3) is 0 Å². The minimum Gasteiger partial charge on any atom is -0.481 e. The van der Waals surface area contributed by atoms with Crippen LogP contribution in [-0.4, -0.2) is 30.2 Å². The number of aromatic nitrogens is 2. The number of hydrogen-bond acceptors (Lipinski definition) is 5. The Morgan fingerprint density at radius 3 is 3.00 bits per heavy atom. The quantitative estimate of drug-likeness (QED) is 0.842. The molecule has 0 bridgehead atoms. The smallest absolute Gasteiger partial charge is 0.226 e. The fraction of sp³-hybridized carbons (Fsp3) is 0.692. The minimum absolute atomic E-state index is 0.711. The molecule has 0 spiro atoms. The van der Waals surface area contributed by atoms with Crippen LogP contribution < -0.4 is 15.4 Å². The summed E-state index contributed by atoms with van der Waals surface area (Å²) in [5.41, 5.74) is 2.23. The van der Waals surface area contributed by atoms with Crippen molar-refractivity contribution >= 4 is 5.95 Å². The summed E-state index contributed by atoms with van der Waals surface area (Å²) >= 11 is 0. The molecule has 0 amide bonds. The summed E-state index contributed by atoms with van der Waals surface area (Å²) in [5.74, 6) is 2.24. The molecule has 3 rings (SSSR count). The van der Waals surface area contributed by atoms with Gasteiger partial charge in [0.1, 0.15) is 0 Å². The Bertz CT molecular complexity index is 414. The van der Waals surface area contributed by atoms with Crippen LogP contribution in [0.4, 0.5) is 5.95 Å². The van der Waals surface area contributed by atoms with Crippen molar-refractivity contribution in [3.63, 3.8) is 0 Å². The first-order valence-corrected chi connectivity index (χ1v) is 6.75. The molecular weight excluding hydrogens is 228 g/mol. The molecule has 2 N–H and O–H groups in total. The number of ether oxygens (including phenoxy) is 1. The van der Waals surface area contributed by atoms with E-state index in [2.05, 4.69) is 20.6 Å². The monoisotopic (exact) mass is 248 g/mol. The van der Waals surface area contributed by atoms with E-state index < -0.39 is 0 Å². The van der Waals surface area contributed by atoms with Crippen LogP contribution >= 0.6 is 0 Å². The van der Waals surface area contributed by atoms with Gasteiger partial charge in [-0.1, -0.05) is 6.42 Å². The van der Waals surface area contributed by atoms with Crippen LogP contribution in [0, 0.1) is 5.92 Å². The zero-order chi connectivity index (χ0) is 12.4. The molecule has 0 saturated heterocycles. The summed E-state index contributed by atoms with van der Waals surface area (Å²) in [6.45, 7) is 2.77. The van der Waals surface area contributed by atoms with E-state index in [0.717, 1.165) is 49.2 Å². The molecule has 1 aliphatic heterocycles. The summed E-state index contributed by atoms with van der Waals surface area (Å²) in [6, 6.07) is 0. The van der Waals surface area contributed by atoms with Gasteiger partial charge in [-0.2, -0.15) is 4.98 Å². The largest absolute Gasteiger partial charge is 0.481 e. The third kappa shape index (κ3) is 2.27. The Hall–Kier alpha value is -1.36. The first kappa shape index (κ1) is 11.7. The lowest BCUT2D eigenvalue weighted by atomic mass is 9.85. The summed E-state index contributed by atoms with van der Waals surface area (Å²) < 4.78 is 5.37. The lowest BCUT2D eigenvalue weighted by Gasteiger charge is -2.26. The zero-order valence-corrected chi connectivity index (χ0v) is 10.8. The molecule has 2 aliphatic rings. The second-order valence-corrected chi connectivity index (χ2v) is 5.09. The Morgan fingerprint density at radius 1 is 1.39 bits per heavy atom. The molecule has 1 fully saturated rings. The van der Waals surface area contributed by atoms with Crippen molar-refractivity contribution in [1.82, 2.24) is 15.3 Å². The van der Waals surface area contributed by atoms with Crippen LogP contribution in [0.2, 0.25) is 0 Å². The van der Waals surface area contributed by atoms with Crippen molar-refractivity contribution in [2.24, 2.45) is 5.92 Å². The highest BCUT2D eigenvalue weighted by molar-refractivity contribution is 5.39. The fourth-order valence-electron chi connectivity index (χ4n) is 2.49. The third-order valence-electron chi connectivity index (χ3n) is 3.86. The Labute approximate surface area is 107 Å². The molecule has 0 atom stereocenters. The fourth-order valence-corrected chi connectivity index (χ4v) is 2.49. The molecule has 2 heterocycles. The van der Waals surface area contributed by atoms with Gasteiger partial charge in [-0.25, -0.2) is 4.98 Å². The van der Waals surface area contributed by atoms with Crippen molar-refractivity contribution in [2.45, 2.75) is 32.2 Å². The molecule has 0 unspecified atom stereocenters. The maximum atomic E-state index is 5.37. The topological polar surface area (TPSA) is 59.1 Å². The average molecular weight is 248 g/mol. The van der Waals surface area contributed by atoms with Crippen molar-refractivity contribution in [3.05, 3.63) is 11.3 Å². The van der Waals surface area contributed by atoms with Crippen molar-refractivity contribution in [3.8, 4) is 5.88 Å². The van der Waals surface area contributed by atoms with Gasteiger partial charge in [0, 0.05) is 31.6 Å². The molecule has 1 saturated carbocycles. The highest BCUT2D eigenvalue weighted by Crippen LogP contribution is 2.27. The maximum absolute atomic E-state index is 5.37. The Morgan fingerprint density at radius 2 is 2.28 bits per heavy atom. The molecule has 5 nitrogen and oxygen atoms in total. The lowest BCUT2D eigenvalue weighted by Crippen LogP contribution is -2.27. The highest BCUT2D eigenvalue weighted by atomic mass is 16.5. The van der Waals surface area contributed by atoms with E-state index in [-0.39, 0.29) is 0 Å². The lowest BCUT2D eigenvalue weighted by molar-refractivity contribution is 0.332. The summed E-state index contributed by atoms with van der Waals surface area (Å²) in [7, 11) is 1.67.